The molecule has 0 N–H and O–H groups in total. The molecular formula is C11H22. The van der Waals surface area contributed by atoms with Gasteiger partial charge in [-0.25, -0.2) is 0 Å². The van der Waals surface area contributed by atoms with Crippen molar-refractivity contribution in [2.24, 2.45) is 11.3 Å². The molecule has 0 saturated heterocycles. The van der Waals surface area contributed by atoms with Crippen LogP contribution in [-0.4, -0.2) is 0 Å². The predicted molar refractivity (Wildman–Crippen MR) is 52.7 cm³/mol. The molecule has 0 saturated carbocycles. The SMILES string of the molecule is C=CC(CC)C(C)(CC)CC. The van der Waals surface area contributed by atoms with Crippen LogP contribution in [0.1, 0.15) is 47.0 Å². The number of hydrogen-bond donors (Lipinski definition) is 0. The minimum atomic E-state index is 0.483. The predicted octanol–water partition coefficient (Wildman–Crippen LogP) is 4.02. The third kappa shape index (κ3) is 2.36. The Labute approximate surface area is 71.7 Å². The van der Waals surface area contributed by atoms with Crippen LogP contribution in [0, 0.1) is 11.3 Å². The van der Waals surface area contributed by atoms with Gasteiger partial charge in [0.1, 0.15) is 0 Å². The van der Waals surface area contributed by atoms with Crippen molar-refractivity contribution in [1.82, 2.24) is 0 Å². The van der Waals surface area contributed by atoms with E-state index in [1.165, 1.54) is 19.3 Å². The fraction of sp³-hybridized carbons (Fsp3) is 0.818. The van der Waals surface area contributed by atoms with Crippen LogP contribution in [-0.2, 0) is 0 Å². The van der Waals surface area contributed by atoms with Gasteiger partial charge in [0, 0.05) is 0 Å². The van der Waals surface area contributed by atoms with E-state index in [2.05, 4.69) is 40.3 Å². The topological polar surface area (TPSA) is 0 Å². The summed E-state index contributed by atoms with van der Waals surface area (Å²) in [7, 11) is 0. The van der Waals surface area contributed by atoms with Crippen molar-refractivity contribution >= 4 is 0 Å². The molecule has 0 fully saturated rings. The lowest BCUT2D eigenvalue weighted by Gasteiger charge is -2.33. The van der Waals surface area contributed by atoms with Crippen molar-refractivity contribution < 1.29 is 0 Å². The highest BCUT2D eigenvalue weighted by Crippen LogP contribution is 2.37. The lowest BCUT2D eigenvalue weighted by Crippen LogP contribution is -2.23. The van der Waals surface area contributed by atoms with Gasteiger partial charge in [0.15, 0.2) is 0 Å². The molecule has 0 heterocycles. The quantitative estimate of drug-likeness (QED) is 0.524. The highest BCUT2D eigenvalue weighted by molar-refractivity contribution is 4.90. The summed E-state index contributed by atoms with van der Waals surface area (Å²) in [6.07, 6.45) is 5.86. The lowest BCUT2D eigenvalue weighted by atomic mass is 9.72. The Kier molecular flexibility index (Phi) is 4.48. The standard InChI is InChI=1S/C11H22/c1-6-10(7-2)11(5,8-3)9-4/h6,10H,1,7-9H2,2-5H3. The first kappa shape index (κ1) is 10.7. The van der Waals surface area contributed by atoms with E-state index in [9.17, 15) is 0 Å². The van der Waals surface area contributed by atoms with E-state index < -0.39 is 0 Å². The molecule has 0 aliphatic rings. The second-order valence-corrected chi connectivity index (χ2v) is 3.61. The van der Waals surface area contributed by atoms with E-state index >= 15 is 0 Å². The van der Waals surface area contributed by atoms with Gasteiger partial charge in [0.25, 0.3) is 0 Å². The first-order chi connectivity index (χ1) is 5.14. The molecule has 0 spiro atoms. The van der Waals surface area contributed by atoms with Gasteiger partial charge < -0.3 is 0 Å². The third-order valence-corrected chi connectivity index (χ3v) is 3.23. The van der Waals surface area contributed by atoms with Crippen molar-refractivity contribution in [1.29, 1.82) is 0 Å². The maximum absolute atomic E-state index is 3.89. The molecule has 0 radical (unpaired) electrons. The fourth-order valence-corrected chi connectivity index (χ4v) is 1.72. The third-order valence-electron chi connectivity index (χ3n) is 3.23. The molecule has 11 heavy (non-hydrogen) atoms. The van der Waals surface area contributed by atoms with E-state index in [0.717, 1.165) is 0 Å². The van der Waals surface area contributed by atoms with E-state index in [1.54, 1.807) is 0 Å². The second kappa shape index (κ2) is 4.58. The first-order valence-electron chi connectivity index (χ1n) is 4.77. The molecule has 1 unspecified atom stereocenters. The molecule has 0 rings (SSSR count). The van der Waals surface area contributed by atoms with Gasteiger partial charge in [-0.15, -0.1) is 6.58 Å². The van der Waals surface area contributed by atoms with Crippen LogP contribution >= 0.6 is 0 Å². The lowest BCUT2D eigenvalue weighted by molar-refractivity contribution is 0.203. The molecule has 0 heteroatoms. The van der Waals surface area contributed by atoms with Crippen molar-refractivity contribution in [3.05, 3.63) is 12.7 Å². The Balaban J connectivity index is 4.30. The Morgan fingerprint density at radius 3 is 1.82 bits per heavy atom. The van der Waals surface area contributed by atoms with Gasteiger partial charge in [-0.3, -0.25) is 0 Å². The summed E-state index contributed by atoms with van der Waals surface area (Å²) in [5.74, 6) is 0.692. The van der Waals surface area contributed by atoms with E-state index in [1.807, 2.05) is 0 Å². The molecular weight excluding hydrogens is 132 g/mol. The molecule has 0 aliphatic heterocycles. The second-order valence-electron chi connectivity index (χ2n) is 3.61. The first-order valence-corrected chi connectivity index (χ1v) is 4.77. The minimum Gasteiger partial charge on any atom is -0.103 e. The smallest absolute Gasteiger partial charge is 0.0185 e. The van der Waals surface area contributed by atoms with Crippen LogP contribution in [0.15, 0.2) is 12.7 Å². The molecule has 1 atom stereocenters. The van der Waals surface area contributed by atoms with Gasteiger partial charge in [-0.2, -0.15) is 0 Å². The highest BCUT2D eigenvalue weighted by Gasteiger charge is 2.26. The Bertz CT molecular complexity index is 109. The summed E-state index contributed by atoms with van der Waals surface area (Å²) in [6, 6.07) is 0. The van der Waals surface area contributed by atoms with Crippen LogP contribution in [0.5, 0.6) is 0 Å². The van der Waals surface area contributed by atoms with Crippen LogP contribution in [0.4, 0.5) is 0 Å². The summed E-state index contributed by atoms with van der Waals surface area (Å²) in [4.78, 5) is 0. The Morgan fingerprint density at radius 1 is 1.27 bits per heavy atom. The average molecular weight is 154 g/mol. The molecule has 0 bridgehead atoms. The van der Waals surface area contributed by atoms with Crippen molar-refractivity contribution in [3.63, 3.8) is 0 Å². The van der Waals surface area contributed by atoms with Crippen LogP contribution in [0.2, 0.25) is 0 Å². The number of allylic oxidation sites excluding steroid dienone is 1. The summed E-state index contributed by atoms with van der Waals surface area (Å²) in [5, 5.41) is 0. The fourth-order valence-electron chi connectivity index (χ4n) is 1.72. The van der Waals surface area contributed by atoms with Crippen LogP contribution in [0.25, 0.3) is 0 Å². The molecule has 0 amide bonds. The number of hydrogen-bond acceptors (Lipinski definition) is 0. The van der Waals surface area contributed by atoms with Crippen LogP contribution in [0.3, 0.4) is 0 Å². The minimum absolute atomic E-state index is 0.483. The van der Waals surface area contributed by atoms with Gasteiger partial charge in [0.05, 0.1) is 0 Å². The monoisotopic (exact) mass is 154 g/mol. The summed E-state index contributed by atoms with van der Waals surface area (Å²) in [6.45, 7) is 13.1. The molecule has 0 aromatic rings. The van der Waals surface area contributed by atoms with Crippen LogP contribution < -0.4 is 0 Å². The van der Waals surface area contributed by atoms with E-state index in [-0.39, 0.29) is 0 Å². The number of rotatable bonds is 5. The van der Waals surface area contributed by atoms with Gasteiger partial charge in [-0.05, 0) is 17.8 Å². The molecule has 0 aliphatic carbocycles. The zero-order valence-corrected chi connectivity index (χ0v) is 8.48. The van der Waals surface area contributed by atoms with Crippen molar-refractivity contribution in [2.75, 3.05) is 0 Å². The Morgan fingerprint density at radius 2 is 1.73 bits per heavy atom. The maximum Gasteiger partial charge on any atom is -0.0185 e. The summed E-state index contributed by atoms with van der Waals surface area (Å²) >= 11 is 0. The van der Waals surface area contributed by atoms with E-state index in [0.29, 0.717) is 11.3 Å². The molecule has 0 nitrogen and oxygen atoms in total. The molecule has 66 valence electrons. The van der Waals surface area contributed by atoms with Gasteiger partial charge in [0.2, 0.25) is 0 Å². The maximum atomic E-state index is 3.89. The Hall–Kier alpha value is -0.260. The van der Waals surface area contributed by atoms with Crippen molar-refractivity contribution in [3.8, 4) is 0 Å². The highest BCUT2D eigenvalue weighted by atomic mass is 14.3. The van der Waals surface area contributed by atoms with Crippen molar-refractivity contribution in [2.45, 2.75) is 47.0 Å². The normalized spacial score (nSPS) is 14.5. The van der Waals surface area contributed by atoms with E-state index in [4.69, 9.17) is 0 Å². The molecule has 0 aromatic heterocycles. The zero-order valence-electron chi connectivity index (χ0n) is 8.48. The van der Waals surface area contributed by atoms with Gasteiger partial charge in [-0.1, -0.05) is 46.6 Å². The summed E-state index contributed by atoms with van der Waals surface area (Å²) in [5.41, 5.74) is 0.483. The zero-order chi connectivity index (χ0) is 8.91. The summed E-state index contributed by atoms with van der Waals surface area (Å²) < 4.78 is 0. The molecule has 0 aromatic carbocycles. The average Bonchev–Trinajstić information content (AvgIpc) is 2.06. The largest absolute Gasteiger partial charge is 0.103 e. The van der Waals surface area contributed by atoms with Gasteiger partial charge >= 0.3 is 0 Å².